The second-order valence-corrected chi connectivity index (χ2v) is 13.9. The van der Waals surface area contributed by atoms with E-state index in [0.717, 1.165) is 11.6 Å². The maximum Gasteiger partial charge on any atom is 0.511 e. The normalized spacial score (nSPS) is 20.8. The first-order valence-electron chi connectivity index (χ1n) is 7.65. The third kappa shape index (κ3) is 4.36. The molecular weight excluding hydrogens is 343 g/mol. The van der Waals surface area contributed by atoms with E-state index in [4.69, 9.17) is 0 Å². The van der Waals surface area contributed by atoms with Crippen LogP contribution in [0, 0.1) is 0 Å². The summed E-state index contributed by atoms with van der Waals surface area (Å²) in [7, 11) is -7.08. The Bertz CT molecular complexity index is 632. The molecule has 1 aromatic rings. The van der Waals surface area contributed by atoms with E-state index in [1.165, 1.54) is 0 Å². The fourth-order valence-electron chi connectivity index (χ4n) is 3.32. The molecule has 1 aliphatic heterocycles. The molecule has 1 aliphatic rings. The van der Waals surface area contributed by atoms with Crippen molar-refractivity contribution in [3.63, 3.8) is 0 Å². The summed E-state index contributed by atoms with van der Waals surface area (Å²) in [6.45, 7) is 4.19. The van der Waals surface area contributed by atoms with E-state index < -0.39 is 29.6 Å². The smallest absolute Gasteiger partial charge is 0.203 e. The highest BCUT2D eigenvalue weighted by Gasteiger charge is 2.53. The van der Waals surface area contributed by atoms with Crippen molar-refractivity contribution in [2.45, 2.75) is 49.6 Å². The average Bonchev–Trinajstić information content (AvgIpc) is 2.85. The lowest BCUT2D eigenvalue weighted by Gasteiger charge is -2.31. The molecule has 1 saturated heterocycles. The fourth-order valence-corrected chi connectivity index (χ4v) is 7.85. The summed E-state index contributed by atoms with van der Waals surface area (Å²) < 4.78 is 62.6. The van der Waals surface area contributed by atoms with E-state index in [2.05, 4.69) is 13.1 Å². The molecule has 1 aromatic carbocycles. The fraction of sp³-hybridized carbons (Fsp3) is 0.600. The van der Waals surface area contributed by atoms with Gasteiger partial charge < -0.3 is 0 Å². The number of alkyl halides is 3. The summed E-state index contributed by atoms with van der Waals surface area (Å²) >= 11 is 0. The molecule has 8 heteroatoms. The first kappa shape index (κ1) is 18.5. The zero-order valence-corrected chi connectivity index (χ0v) is 15.1. The molecule has 1 unspecified atom stereocenters. The maximum absolute atomic E-state index is 12.8. The third-order valence-electron chi connectivity index (χ3n) is 4.24. The van der Waals surface area contributed by atoms with Crippen molar-refractivity contribution < 1.29 is 21.6 Å². The lowest BCUT2D eigenvalue weighted by Crippen LogP contribution is -2.46. The van der Waals surface area contributed by atoms with E-state index >= 15 is 0 Å². The van der Waals surface area contributed by atoms with Gasteiger partial charge in [-0.3, -0.25) is 0 Å². The van der Waals surface area contributed by atoms with E-state index in [1.54, 1.807) is 0 Å². The molecule has 0 radical (unpaired) electrons. The van der Waals surface area contributed by atoms with Crippen molar-refractivity contribution in [1.82, 2.24) is 4.31 Å². The van der Waals surface area contributed by atoms with Crippen LogP contribution in [0.15, 0.2) is 30.3 Å². The molecule has 2 rings (SSSR count). The Morgan fingerprint density at radius 2 is 1.83 bits per heavy atom. The molecule has 1 heterocycles. The second kappa shape index (κ2) is 6.56. The molecule has 1 fully saturated rings. The lowest BCUT2D eigenvalue weighted by atomic mass is 10.2. The van der Waals surface area contributed by atoms with Gasteiger partial charge in [0.25, 0.3) is 0 Å². The number of nitrogens with zero attached hydrogens (tertiary/aromatic N) is 1. The second-order valence-electron chi connectivity index (χ2n) is 6.89. The van der Waals surface area contributed by atoms with Crippen LogP contribution in [0.25, 0.3) is 0 Å². The highest BCUT2D eigenvalue weighted by atomic mass is 32.2. The maximum atomic E-state index is 12.8. The first-order chi connectivity index (χ1) is 10.5. The molecule has 23 heavy (non-hydrogen) atoms. The van der Waals surface area contributed by atoms with Gasteiger partial charge in [0.2, 0.25) is 0 Å². The summed E-state index contributed by atoms with van der Waals surface area (Å²) in [6, 6.07) is 10.7. The van der Waals surface area contributed by atoms with E-state index in [1.807, 2.05) is 30.3 Å². The van der Waals surface area contributed by atoms with Gasteiger partial charge in [0.15, 0.2) is 0 Å². The van der Waals surface area contributed by atoms with Crippen molar-refractivity contribution in [3.8, 4) is 0 Å². The Labute approximate surface area is 136 Å². The predicted molar refractivity (Wildman–Crippen MR) is 87.1 cm³/mol. The molecule has 0 aliphatic carbocycles. The van der Waals surface area contributed by atoms with Crippen LogP contribution in [0.2, 0.25) is 19.1 Å². The zero-order chi connectivity index (χ0) is 17.3. The van der Waals surface area contributed by atoms with Crippen LogP contribution >= 0.6 is 0 Å². The van der Waals surface area contributed by atoms with E-state index in [0.29, 0.717) is 23.2 Å². The molecule has 130 valence electrons. The van der Waals surface area contributed by atoms with Crippen LogP contribution in [0.4, 0.5) is 13.2 Å². The van der Waals surface area contributed by atoms with Gasteiger partial charge in [-0.1, -0.05) is 49.0 Å². The molecule has 0 saturated carbocycles. The van der Waals surface area contributed by atoms with Gasteiger partial charge in [-0.15, -0.1) is 0 Å². The average molecular weight is 365 g/mol. The van der Waals surface area contributed by atoms with Crippen LogP contribution in [0.3, 0.4) is 0 Å². The van der Waals surface area contributed by atoms with Crippen molar-refractivity contribution in [2.24, 2.45) is 0 Å². The van der Waals surface area contributed by atoms with Gasteiger partial charge in [0.05, 0.1) is 8.07 Å². The zero-order valence-electron chi connectivity index (χ0n) is 13.3. The van der Waals surface area contributed by atoms with Crippen LogP contribution in [0.5, 0.6) is 0 Å². The number of halogens is 3. The summed E-state index contributed by atoms with van der Waals surface area (Å²) in [5.41, 5.74) is -4.05. The molecule has 0 N–H and O–H groups in total. The standard InChI is InChI=1S/C15H22F3NO2SSi/c1-23(2,11-13-7-4-3-5-8-13)12-14-9-6-10-19(14)22(20,21)15(16,17)18/h3-5,7-8,14H,6,9-12H2,1-2H3. The van der Waals surface area contributed by atoms with Crippen molar-refractivity contribution in [3.05, 3.63) is 35.9 Å². The summed E-state index contributed by atoms with van der Waals surface area (Å²) in [6.07, 6.45) is 1.01. The lowest BCUT2D eigenvalue weighted by molar-refractivity contribution is -0.0491. The van der Waals surface area contributed by atoms with Gasteiger partial charge in [-0.05, 0) is 24.9 Å². The van der Waals surface area contributed by atoms with Crippen LogP contribution < -0.4 is 0 Å². The first-order valence-corrected chi connectivity index (χ1v) is 12.5. The number of rotatable bonds is 5. The monoisotopic (exact) mass is 365 g/mol. The van der Waals surface area contributed by atoms with Gasteiger partial charge in [-0.25, -0.2) is 8.42 Å². The quantitative estimate of drug-likeness (QED) is 0.745. The Morgan fingerprint density at radius 1 is 1.22 bits per heavy atom. The predicted octanol–water partition coefficient (Wildman–Crippen LogP) is 3.79. The minimum atomic E-state index is -5.22. The minimum Gasteiger partial charge on any atom is -0.203 e. The van der Waals surface area contributed by atoms with Gasteiger partial charge in [0, 0.05) is 12.6 Å². The van der Waals surface area contributed by atoms with Crippen molar-refractivity contribution >= 4 is 18.1 Å². The minimum absolute atomic E-state index is 0.0255. The molecule has 1 atom stereocenters. The highest BCUT2D eigenvalue weighted by molar-refractivity contribution is 7.90. The van der Waals surface area contributed by atoms with Crippen molar-refractivity contribution in [1.29, 1.82) is 0 Å². The van der Waals surface area contributed by atoms with E-state index in [-0.39, 0.29) is 6.54 Å². The van der Waals surface area contributed by atoms with Crippen LogP contribution in [-0.4, -0.2) is 38.9 Å². The van der Waals surface area contributed by atoms with Crippen LogP contribution in [-0.2, 0) is 16.1 Å². The van der Waals surface area contributed by atoms with E-state index in [9.17, 15) is 21.6 Å². The Balaban J connectivity index is 2.12. The third-order valence-corrected chi connectivity index (χ3v) is 8.86. The molecule has 0 amide bonds. The van der Waals surface area contributed by atoms with Crippen LogP contribution in [0.1, 0.15) is 18.4 Å². The number of sulfonamides is 1. The van der Waals surface area contributed by atoms with Gasteiger partial charge in [0.1, 0.15) is 0 Å². The number of hydrogen-bond acceptors (Lipinski definition) is 2. The summed E-state index contributed by atoms with van der Waals surface area (Å²) in [4.78, 5) is 0. The largest absolute Gasteiger partial charge is 0.511 e. The molecule has 0 spiro atoms. The number of benzene rings is 1. The van der Waals surface area contributed by atoms with Crippen molar-refractivity contribution in [2.75, 3.05) is 6.54 Å². The van der Waals surface area contributed by atoms with Gasteiger partial charge in [-0.2, -0.15) is 17.5 Å². The summed E-state index contributed by atoms with van der Waals surface area (Å²) in [5, 5.41) is 0. The molecule has 0 aromatic heterocycles. The Kier molecular flexibility index (Phi) is 5.27. The molecular formula is C15H22F3NO2SSi. The highest BCUT2D eigenvalue weighted by Crippen LogP contribution is 2.35. The SMILES string of the molecule is C[Si](C)(Cc1ccccc1)CC1CCCN1S(=O)(=O)C(F)(F)F. The Hall–Kier alpha value is -0.863. The Morgan fingerprint density at radius 3 is 2.39 bits per heavy atom. The number of hydrogen-bond donors (Lipinski definition) is 0. The molecule has 3 nitrogen and oxygen atoms in total. The summed E-state index contributed by atoms with van der Waals surface area (Å²) in [5.74, 6) is 0. The van der Waals surface area contributed by atoms with Gasteiger partial charge >= 0.3 is 15.5 Å². The molecule has 0 bridgehead atoms. The topological polar surface area (TPSA) is 37.4 Å².